The maximum atomic E-state index is 12.9. The molecule has 1 N–H and O–H groups in total. The molecule has 0 spiro atoms. The number of benzene rings is 2. The summed E-state index contributed by atoms with van der Waals surface area (Å²) in [4.78, 5) is 16.8. The number of alkyl halides is 3. The van der Waals surface area contributed by atoms with E-state index in [0.29, 0.717) is 16.2 Å². The van der Waals surface area contributed by atoms with Crippen LogP contribution in [0.5, 0.6) is 0 Å². The molecule has 1 amide bonds. The number of fused-ring (bicyclic) bond motifs is 3. The number of para-hydroxylation sites is 2. The first-order valence-corrected chi connectivity index (χ1v) is 9.57. The van der Waals surface area contributed by atoms with Gasteiger partial charge < -0.3 is 5.32 Å². The van der Waals surface area contributed by atoms with E-state index in [0.717, 1.165) is 35.5 Å². The number of nitrogens with zero attached hydrogens (tertiary/aromatic N) is 4. The highest BCUT2D eigenvalue weighted by atomic mass is 35.5. The van der Waals surface area contributed by atoms with Crippen molar-refractivity contribution in [1.82, 2.24) is 19.6 Å². The molecule has 2 aromatic carbocycles. The summed E-state index contributed by atoms with van der Waals surface area (Å²) in [7, 11) is 0. The molecular weight excluding hydrogens is 427 g/mol. The third kappa shape index (κ3) is 3.99. The van der Waals surface area contributed by atoms with E-state index in [1.54, 1.807) is 10.7 Å². The Morgan fingerprint density at radius 2 is 2.00 bits per heavy atom. The number of halogens is 4. The lowest BCUT2D eigenvalue weighted by Gasteiger charge is -2.11. The normalized spacial score (nSPS) is 11.9. The lowest BCUT2D eigenvalue weighted by atomic mass is 10.2. The van der Waals surface area contributed by atoms with E-state index in [1.165, 1.54) is 0 Å². The van der Waals surface area contributed by atoms with Crippen LogP contribution in [0.25, 0.3) is 16.7 Å². The van der Waals surface area contributed by atoms with Crippen LogP contribution in [-0.2, 0) is 11.0 Å². The van der Waals surface area contributed by atoms with Crippen molar-refractivity contribution in [3.05, 3.63) is 59.4 Å². The quantitative estimate of drug-likeness (QED) is 0.469. The van der Waals surface area contributed by atoms with Crippen LogP contribution < -0.4 is 5.32 Å². The molecule has 2 aromatic heterocycles. The largest absolute Gasteiger partial charge is 0.416 e. The van der Waals surface area contributed by atoms with Crippen molar-refractivity contribution < 1.29 is 18.0 Å². The number of carbonyl (C=O) groups excluding carboxylic acids is 1. The topological polar surface area (TPSA) is 72.2 Å². The van der Waals surface area contributed by atoms with E-state index in [2.05, 4.69) is 20.5 Å². The Morgan fingerprint density at radius 3 is 2.79 bits per heavy atom. The molecule has 0 radical (unpaired) electrons. The van der Waals surface area contributed by atoms with Gasteiger partial charge in [0.25, 0.3) is 0 Å². The number of carbonyl (C=O) groups is 1. The van der Waals surface area contributed by atoms with E-state index in [1.807, 2.05) is 24.3 Å². The van der Waals surface area contributed by atoms with Gasteiger partial charge in [-0.15, -0.1) is 10.2 Å². The molecule has 0 fully saturated rings. The first kappa shape index (κ1) is 19.5. The summed E-state index contributed by atoms with van der Waals surface area (Å²) in [6.45, 7) is 0. The second-order valence-electron chi connectivity index (χ2n) is 5.96. The maximum absolute atomic E-state index is 12.9. The van der Waals surface area contributed by atoms with Crippen molar-refractivity contribution in [3.8, 4) is 0 Å². The lowest BCUT2D eigenvalue weighted by molar-refractivity contribution is -0.137. The Hall–Kier alpha value is -2.85. The minimum absolute atomic E-state index is 0.0139. The van der Waals surface area contributed by atoms with Crippen molar-refractivity contribution in [3.63, 3.8) is 0 Å². The number of hydrogen-bond acceptors (Lipinski definition) is 5. The Labute approximate surface area is 171 Å². The number of aromatic nitrogens is 4. The molecule has 148 valence electrons. The smallest absolute Gasteiger partial charge is 0.324 e. The first-order valence-electron chi connectivity index (χ1n) is 8.21. The molecule has 0 atom stereocenters. The van der Waals surface area contributed by atoms with Crippen molar-refractivity contribution in [2.45, 2.75) is 11.2 Å². The van der Waals surface area contributed by atoms with Crippen LogP contribution in [0.3, 0.4) is 0 Å². The zero-order valence-corrected chi connectivity index (χ0v) is 16.0. The van der Waals surface area contributed by atoms with Crippen molar-refractivity contribution >= 4 is 51.6 Å². The van der Waals surface area contributed by atoms with E-state index in [9.17, 15) is 18.0 Å². The first-order chi connectivity index (χ1) is 13.8. The minimum atomic E-state index is -4.53. The van der Waals surface area contributed by atoms with E-state index >= 15 is 0 Å². The summed E-state index contributed by atoms with van der Waals surface area (Å²) >= 11 is 7.01. The van der Waals surface area contributed by atoms with Crippen LogP contribution >= 0.6 is 23.4 Å². The second-order valence-corrected chi connectivity index (χ2v) is 7.33. The number of thioether (sulfide) groups is 1. The van der Waals surface area contributed by atoms with Gasteiger partial charge in [0, 0.05) is 0 Å². The number of anilines is 1. The summed E-state index contributed by atoms with van der Waals surface area (Å²) in [5, 5.41) is 10.8. The predicted octanol–water partition coefficient (Wildman–Crippen LogP) is 4.68. The molecule has 0 aliphatic rings. The zero-order valence-electron chi connectivity index (χ0n) is 14.4. The summed E-state index contributed by atoms with van der Waals surface area (Å²) in [5.41, 5.74) is 0.997. The van der Waals surface area contributed by atoms with Gasteiger partial charge in [0.05, 0.1) is 33.1 Å². The van der Waals surface area contributed by atoms with Crippen LogP contribution in [0, 0.1) is 0 Å². The highest BCUT2D eigenvalue weighted by Crippen LogP contribution is 2.34. The van der Waals surface area contributed by atoms with Crippen LogP contribution in [0.4, 0.5) is 18.9 Å². The molecule has 29 heavy (non-hydrogen) atoms. The fourth-order valence-electron chi connectivity index (χ4n) is 2.69. The Balaban J connectivity index is 1.54. The van der Waals surface area contributed by atoms with Gasteiger partial charge >= 0.3 is 6.18 Å². The van der Waals surface area contributed by atoms with E-state index in [4.69, 9.17) is 11.6 Å². The molecule has 0 aliphatic heterocycles. The molecule has 4 aromatic rings. The number of rotatable bonds is 4. The molecule has 4 rings (SSSR count). The molecule has 0 saturated carbocycles. The minimum Gasteiger partial charge on any atom is -0.324 e. The molecular formula is C18H11ClF3N5OS. The summed E-state index contributed by atoms with van der Waals surface area (Å²) in [5.74, 6) is -0.621. The van der Waals surface area contributed by atoms with Gasteiger partial charge in [-0.25, -0.2) is 4.98 Å². The maximum Gasteiger partial charge on any atom is 0.416 e. The van der Waals surface area contributed by atoms with Gasteiger partial charge in [0.15, 0.2) is 5.65 Å². The Bertz CT molecular complexity index is 1230. The van der Waals surface area contributed by atoms with Gasteiger partial charge in [-0.2, -0.15) is 13.2 Å². The predicted molar refractivity (Wildman–Crippen MR) is 104 cm³/mol. The summed E-state index contributed by atoms with van der Waals surface area (Å²) in [6.07, 6.45) is -2.99. The molecule has 0 saturated heterocycles. The highest BCUT2D eigenvalue weighted by molar-refractivity contribution is 8.00. The van der Waals surface area contributed by atoms with Crippen LogP contribution in [-0.4, -0.2) is 31.2 Å². The molecule has 11 heteroatoms. The van der Waals surface area contributed by atoms with Crippen LogP contribution in [0.15, 0.2) is 53.8 Å². The summed E-state index contributed by atoms with van der Waals surface area (Å²) < 4.78 is 40.4. The average Bonchev–Trinajstić information content (AvgIpc) is 3.17. The Morgan fingerprint density at radius 1 is 1.21 bits per heavy atom. The second kappa shape index (κ2) is 7.53. The monoisotopic (exact) mass is 437 g/mol. The molecule has 2 heterocycles. The van der Waals surface area contributed by atoms with Gasteiger partial charge in [-0.05, 0) is 30.3 Å². The third-order valence-electron chi connectivity index (χ3n) is 4.01. The van der Waals surface area contributed by atoms with E-state index in [-0.39, 0.29) is 16.5 Å². The SMILES string of the molecule is O=C(CSc1nc2ccccc2n2cnnc12)Nc1cc(C(F)(F)F)ccc1Cl. The molecule has 0 aliphatic carbocycles. The van der Waals surface area contributed by atoms with Gasteiger partial charge in [-0.3, -0.25) is 9.20 Å². The fraction of sp³-hybridized carbons (Fsp3) is 0.111. The number of amides is 1. The highest BCUT2D eigenvalue weighted by Gasteiger charge is 2.31. The van der Waals surface area contributed by atoms with Gasteiger partial charge in [0.1, 0.15) is 11.4 Å². The van der Waals surface area contributed by atoms with Crippen molar-refractivity contribution in [2.24, 2.45) is 0 Å². The van der Waals surface area contributed by atoms with Crippen molar-refractivity contribution in [2.75, 3.05) is 11.1 Å². The lowest BCUT2D eigenvalue weighted by Crippen LogP contribution is -2.15. The number of nitrogens with one attached hydrogen (secondary N) is 1. The third-order valence-corrected chi connectivity index (χ3v) is 5.29. The van der Waals surface area contributed by atoms with Gasteiger partial charge in [0.2, 0.25) is 5.91 Å². The van der Waals surface area contributed by atoms with Crippen LogP contribution in [0.2, 0.25) is 5.02 Å². The standard InChI is InChI=1S/C18H11ClF3N5OS/c19-11-6-5-10(18(20,21)22)7-13(11)24-15(28)8-29-17-16-26-23-9-27(16)14-4-2-1-3-12(14)25-17/h1-7,9H,8H2,(H,24,28). The van der Waals surface area contributed by atoms with E-state index < -0.39 is 17.6 Å². The van der Waals surface area contributed by atoms with Gasteiger partial charge in [-0.1, -0.05) is 35.5 Å². The summed E-state index contributed by atoms with van der Waals surface area (Å²) in [6, 6.07) is 10.1. The zero-order chi connectivity index (χ0) is 20.6. The Kier molecular flexibility index (Phi) is 5.05. The van der Waals surface area contributed by atoms with Crippen molar-refractivity contribution in [1.29, 1.82) is 0 Å². The fourth-order valence-corrected chi connectivity index (χ4v) is 3.63. The molecule has 6 nitrogen and oxygen atoms in total. The van der Waals surface area contributed by atoms with Crippen LogP contribution in [0.1, 0.15) is 5.56 Å². The number of hydrogen-bond donors (Lipinski definition) is 1. The molecule has 0 unspecified atom stereocenters. The molecule has 0 bridgehead atoms. The average molecular weight is 438 g/mol.